The fourth-order valence-electron chi connectivity index (χ4n) is 1.74. The molecule has 1 heterocycles. The largest absolute Gasteiger partial charge is 0.378 e. The van der Waals surface area contributed by atoms with Crippen LogP contribution in [0.2, 0.25) is 0 Å². The smallest absolute Gasteiger partial charge is 0.267 e. The number of hydrogen-bond donors (Lipinski definition) is 2. The molecule has 20 heavy (non-hydrogen) atoms. The molecule has 0 aliphatic carbocycles. The summed E-state index contributed by atoms with van der Waals surface area (Å²) < 4.78 is 1.23. The number of thiophene rings is 1. The SMILES string of the molecule is CN(C)c1ccc2sc(/C=C/C=C/C(=O)NO)cc2c1. The predicted octanol–water partition coefficient (Wildman–Crippen LogP) is 3.04. The molecule has 2 aromatic rings. The van der Waals surface area contributed by atoms with Crippen molar-refractivity contribution in [2.24, 2.45) is 0 Å². The third-order valence-corrected chi connectivity index (χ3v) is 3.85. The van der Waals surface area contributed by atoms with E-state index in [1.807, 2.05) is 20.2 Å². The number of nitrogens with one attached hydrogen (secondary N) is 1. The lowest BCUT2D eigenvalue weighted by Gasteiger charge is -2.11. The number of fused-ring (bicyclic) bond motifs is 1. The van der Waals surface area contributed by atoms with Gasteiger partial charge in [0.25, 0.3) is 5.91 Å². The number of amides is 1. The Balaban J connectivity index is 2.17. The van der Waals surface area contributed by atoms with Crippen molar-refractivity contribution in [1.82, 2.24) is 5.48 Å². The third-order valence-electron chi connectivity index (χ3n) is 2.76. The second kappa shape index (κ2) is 6.36. The van der Waals surface area contributed by atoms with E-state index < -0.39 is 5.91 Å². The Morgan fingerprint density at radius 1 is 1.30 bits per heavy atom. The molecule has 4 nitrogen and oxygen atoms in total. The van der Waals surface area contributed by atoms with Gasteiger partial charge in [0.2, 0.25) is 0 Å². The van der Waals surface area contributed by atoms with Gasteiger partial charge in [-0.05, 0) is 35.7 Å². The fraction of sp³-hybridized carbons (Fsp3) is 0.133. The maximum atomic E-state index is 10.8. The average molecular weight is 288 g/mol. The molecule has 1 aromatic carbocycles. The molecule has 104 valence electrons. The van der Waals surface area contributed by atoms with Gasteiger partial charge in [0.05, 0.1) is 0 Å². The number of rotatable bonds is 4. The summed E-state index contributed by atoms with van der Waals surface area (Å²) >= 11 is 1.69. The van der Waals surface area contributed by atoms with E-state index in [1.165, 1.54) is 21.8 Å². The van der Waals surface area contributed by atoms with E-state index in [1.54, 1.807) is 29.0 Å². The molecular formula is C15H16N2O2S. The summed E-state index contributed by atoms with van der Waals surface area (Å²) in [5, 5.41) is 9.55. The van der Waals surface area contributed by atoms with Crippen LogP contribution in [0.1, 0.15) is 4.88 Å². The highest BCUT2D eigenvalue weighted by molar-refractivity contribution is 7.19. The van der Waals surface area contributed by atoms with Crippen molar-refractivity contribution in [3.63, 3.8) is 0 Å². The summed E-state index contributed by atoms with van der Waals surface area (Å²) in [6.45, 7) is 0. The van der Waals surface area contributed by atoms with E-state index in [0.717, 1.165) is 4.88 Å². The van der Waals surface area contributed by atoms with Crippen molar-refractivity contribution >= 4 is 39.1 Å². The lowest BCUT2D eigenvalue weighted by Crippen LogP contribution is -2.14. The summed E-state index contributed by atoms with van der Waals surface area (Å²) in [4.78, 5) is 14.0. The molecule has 5 heteroatoms. The fourth-order valence-corrected chi connectivity index (χ4v) is 2.70. The summed E-state index contributed by atoms with van der Waals surface area (Å²) in [5.41, 5.74) is 2.71. The van der Waals surface area contributed by atoms with E-state index in [4.69, 9.17) is 5.21 Å². The topological polar surface area (TPSA) is 52.6 Å². The zero-order valence-electron chi connectivity index (χ0n) is 11.3. The molecule has 0 atom stereocenters. The van der Waals surface area contributed by atoms with Gasteiger partial charge in [-0.15, -0.1) is 11.3 Å². The normalized spacial score (nSPS) is 11.6. The van der Waals surface area contributed by atoms with Crippen LogP contribution in [0.25, 0.3) is 16.2 Å². The lowest BCUT2D eigenvalue weighted by atomic mass is 10.2. The molecular weight excluding hydrogens is 272 g/mol. The number of allylic oxidation sites excluding steroid dienone is 2. The first kappa shape index (κ1) is 14.3. The Labute approximate surface area is 121 Å². The van der Waals surface area contributed by atoms with Crippen LogP contribution in [0.3, 0.4) is 0 Å². The average Bonchev–Trinajstić information content (AvgIpc) is 2.84. The molecule has 0 saturated heterocycles. The van der Waals surface area contributed by atoms with Gasteiger partial charge in [0, 0.05) is 35.4 Å². The van der Waals surface area contributed by atoms with E-state index in [-0.39, 0.29) is 0 Å². The minimum atomic E-state index is -0.540. The highest BCUT2D eigenvalue weighted by atomic mass is 32.1. The molecule has 0 unspecified atom stereocenters. The standard InChI is InChI=1S/C15H16N2O2S/c1-17(2)12-7-8-14-11(9-12)10-13(20-14)5-3-4-6-15(18)16-19/h3-10,19H,1-2H3,(H,16,18)/b5-3+,6-4+. The Kier molecular flexibility index (Phi) is 4.55. The summed E-state index contributed by atoms with van der Waals surface area (Å²) in [6, 6.07) is 8.47. The number of hydroxylamine groups is 1. The molecule has 0 spiro atoms. The van der Waals surface area contributed by atoms with Gasteiger partial charge < -0.3 is 4.90 Å². The van der Waals surface area contributed by atoms with Crippen LogP contribution in [0.4, 0.5) is 5.69 Å². The number of carbonyl (C=O) groups excluding carboxylic acids is 1. The van der Waals surface area contributed by atoms with Crippen LogP contribution in [0.15, 0.2) is 42.5 Å². The van der Waals surface area contributed by atoms with Crippen LogP contribution < -0.4 is 10.4 Å². The van der Waals surface area contributed by atoms with Crippen LogP contribution in [0, 0.1) is 0 Å². The Bertz CT molecular complexity index is 672. The molecule has 1 amide bonds. The van der Waals surface area contributed by atoms with Crippen LogP contribution >= 0.6 is 11.3 Å². The first-order valence-corrected chi connectivity index (χ1v) is 6.91. The van der Waals surface area contributed by atoms with E-state index in [9.17, 15) is 4.79 Å². The lowest BCUT2D eigenvalue weighted by molar-refractivity contribution is -0.124. The first-order chi connectivity index (χ1) is 9.60. The Hall–Kier alpha value is -2.11. The Morgan fingerprint density at radius 3 is 2.80 bits per heavy atom. The van der Waals surface area contributed by atoms with Gasteiger partial charge in [0.15, 0.2) is 0 Å². The molecule has 0 aliphatic rings. The van der Waals surface area contributed by atoms with E-state index >= 15 is 0 Å². The molecule has 0 aliphatic heterocycles. The molecule has 0 saturated carbocycles. The second-order valence-electron chi connectivity index (χ2n) is 4.46. The highest BCUT2D eigenvalue weighted by Gasteiger charge is 2.01. The summed E-state index contributed by atoms with van der Waals surface area (Å²) in [5.74, 6) is -0.540. The van der Waals surface area contributed by atoms with Gasteiger partial charge in [0.1, 0.15) is 0 Å². The van der Waals surface area contributed by atoms with Crippen molar-refractivity contribution in [2.45, 2.75) is 0 Å². The monoisotopic (exact) mass is 288 g/mol. The highest BCUT2D eigenvalue weighted by Crippen LogP contribution is 2.29. The van der Waals surface area contributed by atoms with Gasteiger partial charge in [-0.3, -0.25) is 10.0 Å². The number of carbonyl (C=O) groups is 1. The molecule has 0 fully saturated rings. The maximum Gasteiger partial charge on any atom is 0.267 e. The van der Waals surface area contributed by atoms with Crippen molar-refractivity contribution in [3.05, 3.63) is 47.4 Å². The number of anilines is 1. The molecule has 2 rings (SSSR count). The van der Waals surface area contributed by atoms with Gasteiger partial charge in [-0.25, -0.2) is 5.48 Å². The number of hydrogen-bond acceptors (Lipinski definition) is 4. The minimum Gasteiger partial charge on any atom is -0.378 e. The molecule has 1 aromatic heterocycles. The number of benzene rings is 1. The van der Waals surface area contributed by atoms with Crippen molar-refractivity contribution < 1.29 is 10.0 Å². The van der Waals surface area contributed by atoms with Crippen LogP contribution in [0.5, 0.6) is 0 Å². The predicted molar refractivity (Wildman–Crippen MR) is 84.3 cm³/mol. The molecule has 0 radical (unpaired) electrons. The zero-order chi connectivity index (χ0) is 14.5. The summed E-state index contributed by atoms with van der Waals surface area (Å²) in [6.07, 6.45) is 6.54. The molecule has 0 bridgehead atoms. The maximum absolute atomic E-state index is 10.8. The second-order valence-corrected chi connectivity index (χ2v) is 5.57. The van der Waals surface area contributed by atoms with Gasteiger partial charge in [-0.1, -0.05) is 12.2 Å². The van der Waals surface area contributed by atoms with Crippen LogP contribution in [-0.4, -0.2) is 25.2 Å². The van der Waals surface area contributed by atoms with E-state index in [0.29, 0.717) is 0 Å². The molecule has 2 N–H and O–H groups in total. The third kappa shape index (κ3) is 3.46. The van der Waals surface area contributed by atoms with Crippen molar-refractivity contribution in [2.75, 3.05) is 19.0 Å². The zero-order valence-corrected chi connectivity index (χ0v) is 12.1. The van der Waals surface area contributed by atoms with Gasteiger partial charge >= 0.3 is 0 Å². The van der Waals surface area contributed by atoms with Gasteiger partial charge in [-0.2, -0.15) is 0 Å². The van der Waals surface area contributed by atoms with E-state index in [2.05, 4.69) is 29.2 Å². The first-order valence-electron chi connectivity index (χ1n) is 6.10. The summed E-state index contributed by atoms with van der Waals surface area (Å²) in [7, 11) is 4.04. The van der Waals surface area contributed by atoms with Crippen molar-refractivity contribution in [1.29, 1.82) is 0 Å². The van der Waals surface area contributed by atoms with Crippen molar-refractivity contribution in [3.8, 4) is 0 Å². The van der Waals surface area contributed by atoms with Crippen LogP contribution in [-0.2, 0) is 4.79 Å². The quantitative estimate of drug-likeness (QED) is 0.393. The minimum absolute atomic E-state index is 0.540. The number of nitrogens with zero attached hydrogens (tertiary/aromatic N) is 1. The Morgan fingerprint density at radius 2 is 2.10 bits per heavy atom.